The van der Waals surface area contributed by atoms with E-state index in [-0.39, 0.29) is 12.8 Å². The summed E-state index contributed by atoms with van der Waals surface area (Å²) in [4.78, 5) is 24.0. The van der Waals surface area contributed by atoms with Gasteiger partial charge < -0.3 is 9.47 Å². The maximum absolute atomic E-state index is 12.0. The van der Waals surface area contributed by atoms with E-state index in [0.717, 1.165) is 18.4 Å². The van der Waals surface area contributed by atoms with E-state index in [1.165, 1.54) is 14.2 Å². The molecule has 0 radical (unpaired) electrons. The van der Waals surface area contributed by atoms with E-state index in [0.29, 0.717) is 5.92 Å². The van der Waals surface area contributed by atoms with Gasteiger partial charge in [-0.3, -0.25) is 9.59 Å². The van der Waals surface area contributed by atoms with Crippen molar-refractivity contribution in [3.05, 3.63) is 11.6 Å². The summed E-state index contributed by atoms with van der Waals surface area (Å²) in [6.45, 7) is 1.90. The van der Waals surface area contributed by atoms with E-state index >= 15 is 0 Å². The van der Waals surface area contributed by atoms with Crippen LogP contribution in [0, 0.1) is 23.7 Å². The molecule has 1 fully saturated rings. The maximum atomic E-state index is 12.0. The molecule has 0 unspecified atom stereocenters. The van der Waals surface area contributed by atoms with Crippen molar-refractivity contribution in [3.63, 3.8) is 0 Å². The topological polar surface area (TPSA) is 52.6 Å². The van der Waals surface area contributed by atoms with E-state index in [4.69, 9.17) is 15.9 Å². The molecule has 0 spiro atoms. The number of hydrogen-bond acceptors (Lipinski definition) is 4. The normalized spacial score (nSPS) is 15.6. The second-order valence-electron chi connectivity index (χ2n) is 4.97. The van der Waals surface area contributed by atoms with Crippen molar-refractivity contribution in [2.45, 2.75) is 32.6 Å². The van der Waals surface area contributed by atoms with Crippen LogP contribution < -0.4 is 0 Å². The smallest absolute Gasteiger partial charge is 0.324 e. The van der Waals surface area contributed by atoms with Crippen molar-refractivity contribution in [3.8, 4) is 12.3 Å². The largest absolute Gasteiger partial charge is 0.468 e. The van der Waals surface area contributed by atoms with Crippen molar-refractivity contribution in [1.82, 2.24) is 0 Å². The maximum Gasteiger partial charge on any atom is 0.324 e. The van der Waals surface area contributed by atoms with Gasteiger partial charge in [0.05, 0.1) is 14.2 Å². The summed E-state index contributed by atoms with van der Waals surface area (Å²) in [6.07, 6.45) is 9.94. The first-order valence-electron chi connectivity index (χ1n) is 6.27. The lowest BCUT2D eigenvalue weighted by Gasteiger charge is -2.26. The number of hydrogen-bond donors (Lipinski definition) is 0. The monoisotopic (exact) mass is 264 g/mol. The van der Waals surface area contributed by atoms with Gasteiger partial charge in [0.1, 0.15) is 0 Å². The fraction of sp³-hybridized carbons (Fsp3) is 0.600. The van der Waals surface area contributed by atoms with Gasteiger partial charge in [0.25, 0.3) is 0 Å². The molecule has 104 valence electrons. The number of carbonyl (C=O) groups is 2. The lowest BCUT2D eigenvalue weighted by Crippen LogP contribution is -2.41. The Morgan fingerprint density at radius 1 is 1.32 bits per heavy atom. The van der Waals surface area contributed by atoms with Gasteiger partial charge in [-0.25, -0.2) is 0 Å². The first-order valence-corrected chi connectivity index (χ1v) is 6.27. The van der Waals surface area contributed by atoms with Gasteiger partial charge in [0.2, 0.25) is 0 Å². The van der Waals surface area contributed by atoms with Crippen LogP contribution in [0.3, 0.4) is 0 Å². The third-order valence-corrected chi connectivity index (χ3v) is 3.28. The average molecular weight is 264 g/mol. The number of esters is 2. The highest BCUT2D eigenvalue weighted by molar-refractivity contribution is 6.00. The van der Waals surface area contributed by atoms with Crippen LogP contribution in [0.1, 0.15) is 32.6 Å². The Hall–Kier alpha value is -1.76. The zero-order valence-corrected chi connectivity index (χ0v) is 11.7. The number of methoxy groups -OCH3 is 2. The molecule has 0 amide bonds. The summed E-state index contributed by atoms with van der Waals surface area (Å²) in [5, 5.41) is 0. The van der Waals surface area contributed by atoms with Crippen LogP contribution in [-0.4, -0.2) is 26.2 Å². The third-order valence-electron chi connectivity index (χ3n) is 3.28. The van der Waals surface area contributed by atoms with E-state index in [1.807, 2.05) is 6.92 Å². The summed E-state index contributed by atoms with van der Waals surface area (Å²) in [6, 6.07) is 0. The predicted molar refractivity (Wildman–Crippen MR) is 71.0 cm³/mol. The van der Waals surface area contributed by atoms with Crippen LogP contribution in [0.4, 0.5) is 0 Å². The second kappa shape index (κ2) is 6.42. The molecule has 0 aromatic carbocycles. The molecule has 4 heteroatoms. The van der Waals surface area contributed by atoms with Gasteiger partial charge in [-0.05, 0) is 32.1 Å². The van der Waals surface area contributed by atoms with E-state index in [1.54, 1.807) is 0 Å². The van der Waals surface area contributed by atoms with Crippen LogP contribution >= 0.6 is 0 Å². The van der Waals surface area contributed by atoms with Gasteiger partial charge in [-0.15, -0.1) is 12.3 Å². The fourth-order valence-electron chi connectivity index (χ4n) is 2.20. The van der Waals surface area contributed by atoms with Crippen molar-refractivity contribution < 1.29 is 19.1 Å². The highest BCUT2D eigenvalue weighted by atomic mass is 16.5. The number of ether oxygens (including phenoxy) is 2. The molecule has 1 saturated carbocycles. The lowest BCUT2D eigenvalue weighted by atomic mass is 9.78. The highest BCUT2D eigenvalue weighted by Gasteiger charge is 2.48. The van der Waals surface area contributed by atoms with Crippen molar-refractivity contribution in [2.75, 3.05) is 14.2 Å². The molecule has 0 N–H and O–H groups in total. The SMILES string of the molecule is C#CCC(C/C(C)=C/C1CC1)(C(=O)OC)C(=O)OC. The predicted octanol–water partition coefficient (Wildman–Crippen LogP) is 2.09. The molecule has 0 bridgehead atoms. The summed E-state index contributed by atoms with van der Waals surface area (Å²) in [5.41, 5.74) is -0.457. The van der Waals surface area contributed by atoms with Crippen LogP contribution in [0.25, 0.3) is 0 Å². The van der Waals surface area contributed by atoms with Crippen LogP contribution in [0.5, 0.6) is 0 Å². The highest BCUT2D eigenvalue weighted by Crippen LogP contribution is 2.37. The Labute approximate surface area is 114 Å². The quantitative estimate of drug-likeness (QED) is 0.319. The van der Waals surface area contributed by atoms with Gasteiger partial charge in [-0.1, -0.05) is 11.6 Å². The lowest BCUT2D eigenvalue weighted by molar-refractivity contribution is -0.168. The standard InChI is InChI=1S/C15H20O4/c1-5-8-15(13(16)18-3,14(17)19-4)10-11(2)9-12-6-7-12/h1,9,12H,6-8,10H2,2-4H3/b11-9+. The van der Waals surface area contributed by atoms with Crippen molar-refractivity contribution in [2.24, 2.45) is 11.3 Å². The van der Waals surface area contributed by atoms with Gasteiger partial charge in [-0.2, -0.15) is 0 Å². The molecule has 1 aliphatic carbocycles. The zero-order chi connectivity index (χ0) is 14.5. The van der Waals surface area contributed by atoms with Gasteiger partial charge in [0, 0.05) is 6.42 Å². The first kappa shape index (κ1) is 15.3. The molecule has 1 rings (SSSR count). The molecule has 0 aromatic heterocycles. The third kappa shape index (κ3) is 3.60. The molecule has 0 saturated heterocycles. The van der Waals surface area contributed by atoms with E-state index in [9.17, 15) is 9.59 Å². The Bertz CT molecular complexity index is 408. The minimum atomic E-state index is -1.42. The summed E-state index contributed by atoms with van der Waals surface area (Å²) in [7, 11) is 2.49. The van der Waals surface area contributed by atoms with Crippen molar-refractivity contribution >= 4 is 11.9 Å². The van der Waals surface area contributed by atoms with Gasteiger partial charge in [0.15, 0.2) is 5.41 Å². The van der Waals surface area contributed by atoms with Crippen LogP contribution in [0.15, 0.2) is 11.6 Å². The molecular weight excluding hydrogens is 244 g/mol. The molecule has 0 heterocycles. The minimum absolute atomic E-state index is 0.0256. The molecule has 1 aliphatic rings. The number of terminal acetylenes is 1. The second-order valence-corrected chi connectivity index (χ2v) is 4.97. The summed E-state index contributed by atoms with van der Waals surface area (Å²) >= 11 is 0. The minimum Gasteiger partial charge on any atom is -0.468 e. The molecule has 4 nitrogen and oxygen atoms in total. The Kier molecular flexibility index (Phi) is 5.17. The van der Waals surface area contributed by atoms with Crippen LogP contribution in [0.2, 0.25) is 0 Å². The van der Waals surface area contributed by atoms with Crippen LogP contribution in [-0.2, 0) is 19.1 Å². The Morgan fingerprint density at radius 2 is 1.84 bits per heavy atom. The fourth-order valence-corrected chi connectivity index (χ4v) is 2.20. The molecule has 0 aromatic rings. The number of allylic oxidation sites excluding steroid dienone is 2. The van der Waals surface area contributed by atoms with Crippen molar-refractivity contribution in [1.29, 1.82) is 0 Å². The molecule has 0 aliphatic heterocycles. The summed E-state index contributed by atoms with van der Waals surface area (Å²) < 4.78 is 9.50. The van der Waals surface area contributed by atoms with Gasteiger partial charge >= 0.3 is 11.9 Å². The average Bonchev–Trinajstić information content (AvgIpc) is 3.19. The number of carbonyl (C=O) groups excluding carboxylic acids is 2. The molecule has 0 atom stereocenters. The first-order chi connectivity index (χ1) is 9.00. The molecule has 19 heavy (non-hydrogen) atoms. The van der Waals surface area contributed by atoms with E-state index < -0.39 is 17.4 Å². The molecular formula is C15H20O4. The van der Waals surface area contributed by atoms with E-state index in [2.05, 4.69) is 12.0 Å². The zero-order valence-electron chi connectivity index (χ0n) is 11.7. The Morgan fingerprint density at radius 3 is 2.21 bits per heavy atom. The number of rotatable bonds is 6. The summed E-state index contributed by atoms with van der Waals surface area (Å²) in [5.74, 6) is 1.68. The Balaban J connectivity index is 3.03.